The van der Waals surface area contributed by atoms with Gasteiger partial charge in [-0.3, -0.25) is 0 Å². The van der Waals surface area contributed by atoms with E-state index >= 15 is 0 Å². The van der Waals surface area contributed by atoms with Gasteiger partial charge in [0.2, 0.25) is 20.0 Å². The molecule has 0 aliphatic carbocycles. The maximum Gasteiger partial charge on any atom is 0.333 e. The van der Waals surface area contributed by atoms with Gasteiger partial charge in [0.05, 0.1) is 10.6 Å². The number of nitrogens with one attached hydrogen (secondary N) is 2. The Morgan fingerprint density at radius 1 is 0.741 bits per heavy atom. The van der Waals surface area contributed by atoms with E-state index in [0.29, 0.717) is 0 Å². The van der Waals surface area contributed by atoms with Crippen LogP contribution in [0.5, 0.6) is 0 Å². The summed E-state index contributed by atoms with van der Waals surface area (Å²) in [5.74, 6) is 0. The molecular weight excluding hydrogens is 420 g/mol. The lowest BCUT2D eigenvalue weighted by molar-refractivity contribution is 0.256. The molecule has 6 N–H and O–H groups in total. The standard InChI is InChI=1S/C13H14N4O7S3/c14-25(19,20)10-7-4-8-11(26(15,21)22)12(10)16-13(18)17-27(23,24)9-5-2-1-3-6-9/h1-8H,(H2,14,19,20)(H2,15,21,22)(H2,16,17,18). The van der Waals surface area contributed by atoms with Crippen LogP contribution in [0, 0.1) is 0 Å². The van der Waals surface area contributed by atoms with Crippen LogP contribution in [0.1, 0.15) is 0 Å². The first-order chi connectivity index (χ1) is 12.3. The van der Waals surface area contributed by atoms with E-state index in [1.807, 2.05) is 5.32 Å². The van der Waals surface area contributed by atoms with E-state index in [9.17, 15) is 30.0 Å². The summed E-state index contributed by atoms with van der Waals surface area (Å²) in [6.07, 6.45) is 0. The van der Waals surface area contributed by atoms with E-state index in [0.717, 1.165) is 18.2 Å². The van der Waals surface area contributed by atoms with Gasteiger partial charge in [0.15, 0.2) is 0 Å². The van der Waals surface area contributed by atoms with Gasteiger partial charge in [-0.25, -0.2) is 45.0 Å². The molecule has 0 aliphatic rings. The number of hydrogen-bond acceptors (Lipinski definition) is 7. The topological polar surface area (TPSA) is 196 Å². The summed E-state index contributed by atoms with van der Waals surface area (Å²) in [7, 11) is -13.2. The third kappa shape index (κ3) is 5.01. The molecule has 2 rings (SSSR count). The van der Waals surface area contributed by atoms with E-state index in [2.05, 4.69) is 0 Å². The molecule has 0 bridgehead atoms. The van der Waals surface area contributed by atoms with Crippen LogP contribution in [0.4, 0.5) is 10.5 Å². The van der Waals surface area contributed by atoms with Gasteiger partial charge < -0.3 is 5.32 Å². The molecule has 0 spiro atoms. The molecule has 0 heterocycles. The fourth-order valence-electron chi connectivity index (χ4n) is 2.03. The Bertz CT molecular complexity index is 1140. The molecule has 0 radical (unpaired) electrons. The van der Waals surface area contributed by atoms with E-state index in [1.54, 1.807) is 10.8 Å². The van der Waals surface area contributed by atoms with Crippen molar-refractivity contribution in [2.75, 3.05) is 5.32 Å². The molecule has 0 saturated carbocycles. The van der Waals surface area contributed by atoms with Crippen molar-refractivity contribution in [3.8, 4) is 0 Å². The zero-order valence-corrected chi connectivity index (χ0v) is 15.8. The molecule has 2 amide bonds. The minimum Gasteiger partial charge on any atom is -0.305 e. The van der Waals surface area contributed by atoms with Crippen molar-refractivity contribution in [3.05, 3.63) is 48.5 Å². The molecule has 0 unspecified atom stereocenters. The van der Waals surface area contributed by atoms with Gasteiger partial charge in [-0.1, -0.05) is 24.3 Å². The summed E-state index contributed by atoms with van der Waals surface area (Å²) in [4.78, 5) is 10.3. The summed E-state index contributed by atoms with van der Waals surface area (Å²) in [6.45, 7) is 0. The molecule has 14 heteroatoms. The van der Waals surface area contributed by atoms with Crippen molar-refractivity contribution in [1.82, 2.24) is 4.72 Å². The highest BCUT2D eigenvalue weighted by Gasteiger charge is 2.25. The average molecular weight is 434 g/mol. The van der Waals surface area contributed by atoms with Crippen LogP contribution >= 0.6 is 0 Å². The highest BCUT2D eigenvalue weighted by molar-refractivity contribution is 7.90. The number of amides is 2. The predicted molar refractivity (Wildman–Crippen MR) is 95.0 cm³/mol. The van der Waals surface area contributed by atoms with Gasteiger partial charge in [0.1, 0.15) is 9.79 Å². The van der Waals surface area contributed by atoms with Crippen molar-refractivity contribution < 1.29 is 30.0 Å². The Morgan fingerprint density at radius 2 is 1.22 bits per heavy atom. The molecule has 0 saturated heterocycles. The monoisotopic (exact) mass is 434 g/mol. The second kappa shape index (κ2) is 7.24. The van der Waals surface area contributed by atoms with Crippen LogP contribution in [-0.2, 0) is 30.1 Å². The summed E-state index contributed by atoms with van der Waals surface area (Å²) < 4.78 is 72.6. The number of hydrogen-bond donors (Lipinski definition) is 4. The van der Waals surface area contributed by atoms with Gasteiger partial charge >= 0.3 is 6.03 Å². The number of carbonyl (C=O) groups is 1. The number of para-hydroxylation sites is 1. The first-order valence-electron chi connectivity index (χ1n) is 6.90. The van der Waals surface area contributed by atoms with E-state index in [4.69, 9.17) is 10.3 Å². The largest absolute Gasteiger partial charge is 0.333 e. The van der Waals surface area contributed by atoms with Crippen molar-refractivity contribution in [3.63, 3.8) is 0 Å². The lowest BCUT2D eigenvalue weighted by Crippen LogP contribution is -2.35. The Kier molecular flexibility index (Phi) is 5.58. The summed E-state index contributed by atoms with van der Waals surface area (Å²) in [5.41, 5.74) is -0.775. The average Bonchev–Trinajstić information content (AvgIpc) is 2.53. The van der Waals surface area contributed by atoms with Crippen LogP contribution in [0.3, 0.4) is 0 Å². The Balaban J connectivity index is 2.46. The molecular formula is C13H14N4O7S3. The maximum absolute atomic E-state index is 12.1. The Morgan fingerprint density at radius 3 is 1.67 bits per heavy atom. The molecule has 2 aromatic carbocycles. The zero-order chi connectivity index (χ0) is 20.5. The number of benzene rings is 2. The SMILES string of the molecule is NS(=O)(=O)c1cccc(S(N)(=O)=O)c1NC(=O)NS(=O)(=O)c1ccccc1. The first kappa shape index (κ1) is 20.8. The van der Waals surface area contributed by atoms with Crippen LogP contribution in [0.25, 0.3) is 0 Å². The van der Waals surface area contributed by atoms with Gasteiger partial charge in [-0.15, -0.1) is 0 Å². The smallest absolute Gasteiger partial charge is 0.305 e. The van der Waals surface area contributed by atoms with Gasteiger partial charge in [-0.05, 0) is 24.3 Å². The quantitative estimate of drug-likeness (QED) is 0.486. The second-order valence-electron chi connectivity index (χ2n) is 5.09. The molecule has 0 atom stereocenters. The Hall–Kier alpha value is -2.52. The van der Waals surface area contributed by atoms with E-state index in [-0.39, 0.29) is 4.90 Å². The number of carbonyl (C=O) groups excluding carboxylic acids is 1. The Labute approximate surface area is 155 Å². The van der Waals surface area contributed by atoms with Gasteiger partial charge in [0.25, 0.3) is 10.0 Å². The lowest BCUT2D eigenvalue weighted by atomic mass is 10.3. The third-order valence-electron chi connectivity index (χ3n) is 3.12. The highest BCUT2D eigenvalue weighted by Crippen LogP contribution is 2.27. The molecule has 11 nitrogen and oxygen atoms in total. The predicted octanol–water partition coefficient (Wildman–Crippen LogP) is -0.508. The number of primary sulfonamides is 2. The highest BCUT2D eigenvalue weighted by atomic mass is 32.2. The van der Waals surface area contributed by atoms with Crippen molar-refractivity contribution >= 4 is 41.8 Å². The molecule has 0 aromatic heterocycles. The van der Waals surface area contributed by atoms with Crippen molar-refractivity contribution in [2.45, 2.75) is 14.7 Å². The lowest BCUT2D eigenvalue weighted by Gasteiger charge is -2.14. The molecule has 0 fully saturated rings. The summed E-state index contributed by atoms with van der Waals surface area (Å²) >= 11 is 0. The molecule has 2 aromatic rings. The zero-order valence-electron chi connectivity index (χ0n) is 13.4. The van der Waals surface area contributed by atoms with E-state index in [1.165, 1.54) is 24.3 Å². The molecule has 27 heavy (non-hydrogen) atoms. The molecule has 146 valence electrons. The number of sulfonamides is 3. The van der Waals surface area contributed by atoms with Crippen LogP contribution in [-0.4, -0.2) is 31.3 Å². The maximum atomic E-state index is 12.1. The number of urea groups is 1. The number of anilines is 1. The second-order valence-corrected chi connectivity index (χ2v) is 9.83. The number of nitrogens with two attached hydrogens (primary N) is 2. The van der Waals surface area contributed by atoms with Crippen molar-refractivity contribution in [1.29, 1.82) is 0 Å². The van der Waals surface area contributed by atoms with E-state index < -0.39 is 51.6 Å². The third-order valence-corrected chi connectivity index (χ3v) is 6.37. The van der Waals surface area contributed by atoms with Crippen LogP contribution < -0.4 is 20.3 Å². The van der Waals surface area contributed by atoms with Gasteiger partial charge in [0, 0.05) is 0 Å². The number of rotatable bonds is 5. The first-order valence-corrected chi connectivity index (χ1v) is 11.5. The fraction of sp³-hybridized carbons (Fsp3) is 0. The molecule has 0 aliphatic heterocycles. The normalized spacial score (nSPS) is 12.4. The fourth-order valence-corrected chi connectivity index (χ4v) is 4.45. The van der Waals surface area contributed by atoms with Crippen molar-refractivity contribution in [2.24, 2.45) is 10.3 Å². The minimum atomic E-state index is -4.47. The van der Waals surface area contributed by atoms with Crippen LogP contribution in [0.15, 0.2) is 63.2 Å². The van der Waals surface area contributed by atoms with Gasteiger partial charge in [-0.2, -0.15) is 0 Å². The minimum absolute atomic E-state index is 0.244. The summed E-state index contributed by atoms with van der Waals surface area (Å²) in [6, 6.07) is 8.29. The summed E-state index contributed by atoms with van der Waals surface area (Å²) in [5, 5.41) is 11.9. The van der Waals surface area contributed by atoms with Crippen LogP contribution in [0.2, 0.25) is 0 Å².